The number of hydrogen-bond donors (Lipinski definition) is 0. The number of fused-ring (bicyclic) bond motifs is 1. The molecule has 0 amide bonds. The Morgan fingerprint density at radius 3 is 2.86 bits per heavy atom. The first-order valence-corrected chi connectivity index (χ1v) is 8.29. The van der Waals surface area contributed by atoms with Gasteiger partial charge in [-0.15, -0.1) is 11.6 Å². The van der Waals surface area contributed by atoms with E-state index in [0.717, 1.165) is 39.1 Å². The Bertz CT molecular complexity index is 674. The Balaban J connectivity index is 1.83. The van der Waals surface area contributed by atoms with Gasteiger partial charge in [0.05, 0.1) is 12.5 Å². The van der Waals surface area contributed by atoms with Gasteiger partial charge in [0.2, 0.25) is 0 Å². The third-order valence-corrected chi connectivity index (χ3v) is 4.37. The van der Waals surface area contributed by atoms with E-state index in [9.17, 15) is 0 Å². The molecular formula is C16H13BrCl2O2. The van der Waals surface area contributed by atoms with Crippen molar-refractivity contribution in [3.63, 3.8) is 0 Å². The predicted molar refractivity (Wildman–Crippen MR) is 88.7 cm³/mol. The van der Waals surface area contributed by atoms with Crippen molar-refractivity contribution in [2.75, 3.05) is 6.61 Å². The Morgan fingerprint density at radius 1 is 1.19 bits per heavy atom. The summed E-state index contributed by atoms with van der Waals surface area (Å²) in [6.07, 6.45) is 0.897. The van der Waals surface area contributed by atoms with Gasteiger partial charge in [-0.2, -0.15) is 0 Å². The van der Waals surface area contributed by atoms with Gasteiger partial charge in [-0.1, -0.05) is 27.5 Å². The number of hydrogen-bond acceptors (Lipinski definition) is 2. The number of rotatable bonds is 4. The van der Waals surface area contributed by atoms with E-state index >= 15 is 0 Å². The maximum absolute atomic E-state index is 6.15. The summed E-state index contributed by atoms with van der Waals surface area (Å²) in [5, 5.41) is 0.714. The molecule has 0 aromatic heterocycles. The Labute approximate surface area is 142 Å². The molecule has 0 atom stereocenters. The van der Waals surface area contributed by atoms with Crippen LogP contribution in [0, 0.1) is 0 Å². The van der Waals surface area contributed by atoms with Crippen LogP contribution in [0.4, 0.5) is 0 Å². The molecule has 3 rings (SSSR count). The summed E-state index contributed by atoms with van der Waals surface area (Å²) in [5.41, 5.74) is 3.07. The number of halogens is 3. The minimum absolute atomic E-state index is 0.402. The highest BCUT2D eigenvalue weighted by Crippen LogP contribution is 2.34. The molecule has 21 heavy (non-hydrogen) atoms. The van der Waals surface area contributed by atoms with Crippen molar-refractivity contribution in [1.82, 2.24) is 0 Å². The van der Waals surface area contributed by atoms with E-state index in [-0.39, 0.29) is 0 Å². The molecule has 1 aliphatic rings. The average Bonchev–Trinajstić information content (AvgIpc) is 2.93. The van der Waals surface area contributed by atoms with Crippen LogP contribution in [-0.4, -0.2) is 6.61 Å². The molecule has 0 saturated heterocycles. The molecule has 0 saturated carbocycles. The van der Waals surface area contributed by atoms with Gasteiger partial charge < -0.3 is 9.47 Å². The molecule has 0 N–H and O–H groups in total. The number of ether oxygens (including phenoxy) is 2. The molecule has 2 aromatic rings. The van der Waals surface area contributed by atoms with E-state index in [1.54, 1.807) is 0 Å². The van der Waals surface area contributed by atoms with E-state index < -0.39 is 0 Å². The second kappa shape index (κ2) is 6.47. The Morgan fingerprint density at radius 2 is 2.05 bits per heavy atom. The largest absolute Gasteiger partial charge is 0.493 e. The lowest BCUT2D eigenvalue weighted by atomic mass is 10.1. The molecule has 0 unspecified atom stereocenters. The Hall–Kier alpha value is -0.900. The van der Waals surface area contributed by atoms with Crippen molar-refractivity contribution in [3.8, 4) is 11.5 Å². The first kappa shape index (κ1) is 15.0. The van der Waals surface area contributed by atoms with Crippen LogP contribution in [0.5, 0.6) is 11.5 Å². The van der Waals surface area contributed by atoms with E-state index in [1.807, 2.05) is 30.3 Å². The molecule has 1 aliphatic heterocycles. The van der Waals surface area contributed by atoms with Crippen molar-refractivity contribution < 1.29 is 9.47 Å². The molecular weight excluding hydrogens is 375 g/mol. The summed E-state index contributed by atoms with van der Waals surface area (Å²) in [5.74, 6) is 2.09. The van der Waals surface area contributed by atoms with Gasteiger partial charge in [-0.25, -0.2) is 0 Å². The topological polar surface area (TPSA) is 18.5 Å². The predicted octanol–water partition coefficient (Wildman–Crippen LogP) is 5.36. The molecule has 2 nitrogen and oxygen atoms in total. The highest BCUT2D eigenvalue weighted by molar-refractivity contribution is 9.10. The van der Waals surface area contributed by atoms with Gasteiger partial charge in [0.1, 0.15) is 18.1 Å². The van der Waals surface area contributed by atoms with Crippen molar-refractivity contribution in [2.24, 2.45) is 0 Å². The highest BCUT2D eigenvalue weighted by atomic mass is 79.9. The number of benzene rings is 2. The quantitative estimate of drug-likeness (QED) is 0.658. The van der Waals surface area contributed by atoms with Crippen LogP contribution in [0.25, 0.3) is 0 Å². The fourth-order valence-electron chi connectivity index (χ4n) is 2.40. The fraction of sp³-hybridized carbons (Fsp3) is 0.250. The van der Waals surface area contributed by atoms with Crippen LogP contribution in [0.15, 0.2) is 34.8 Å². The van der Waals surface area contributed by atoms with Crippen LogP contribution >= 0.6 is 39.1 Å². The fourth-order valence-corrected chi connectivity index (χ4v) is 3.28. The second-order valence-electron chi connectivity index (χ2n) is 4.83. The van der Waals surface area contributed by atoms with Crippen LogP contribution < -0.4 is 9.47 Å². The van der Waals surface area contributed by atoms with Gasteiger partial charge >= 0.3 is 0 Å². The zero-order chi connectivity index (χ0) is 14.8. The van der Waals surface area contributed by atoms with Crippen molar-refractivity contribution >= 4 is 39.1 Å². The minimum Gasteiger partial charge on any atom is -0.493 e. The molecule has 1 heterocycles. The lowest BCUT2D eigenvalue weighted by Gasteiger charge is -2.13. The molecule has 110 valence electrons. The summed E-state index contributed by atoms with van der Waals surface area (Å²) < 4.78 is 12.6. The zero-order valence-corrected chi connectivity index (χ0v) is 14.3. The van der Waals surface area contributed by atoms with Crippen LogP contribution in [0.2, 0.25) is 5.02 Å². The molecule has 0 aliphatic carbocycles. The molecule has 0 spiro atoms. The van der Waals surface area contributed by atoms with Gasteiger partial charge in [0, 0.05) is 27.0 Å². The summed E-state index contributed by atoms with van der Waals surface area (Å²) in [7, 11) is 0. The number of alkyl halides is 1. The Kier molecular flexibility index (Phi) is 4.63. The van der Waals surface area contributed by atoms with E-state index in [0.29, 0.717) is 24.1 Å². The van der Waals surface area contributed by atoms with Gasteiger partial charge in [-0.05, 0) is 35.9 Å². The molecule has 0 radical (unpaired) electrons. The normalized spacial score (nSPS) is 12.9. The second-order valence-corrected chi connectivity index (χ2v) is 6.45. The summed E-state index contributed by atoms with van der Waals surface area (Å²) in [6, 6.07) is 9.65. The van der Waals surface area contributed by atoms with Crippen molar-refractivity contribution in [3.05, 3.63) is 56.5 Å². The van der Waals surface area contributed by atoms with Crippen molar-refractivity contribution in [1.29, 1.82) is 0 Å². The lowest BCUT2D eigenvalue weighted by Crippen LogP contribution is -2.00. The third-order valence-electron chi connectivity index (χ3n) is 3.38. The minimum atomic E-state index is 0.402. The average molecular weight is 388 g/mol. The van der Waals surface area contributed by atoms with E-state index in [4.69, 9.17) is 32.7 Å². The van der Waals surface area contributed by atoms with E-state index in [1.165, 1.54) is 0 Å². The third kappa shape index (κ3) is 3.31. The first-order valence-electron chi connectivity index (χ1n) is 6.58. The van der Waals surface area contributed by atoms with Gasteiger partial charge in [-0.3, -0.25) is 0 Å². The maximum Gasteiger partial charge on any atom is 0.129 e. The lowest BCUT2D eigenvalue weighted by molar-refractivity contribution is 0.290. The summed E-state index contributed by atoms with van der Waals surface area (Å²) >= 11 is 15.5. The first-order chi connectivity index (χ1) is 10.2. The molecule has 0 bridgehead atoms. The smallest absolute Gasteiger partial charge is 0.129 e. The maximum atomic E-state index is 6.15. The SMILES string of the molecule is ClCc1cc(Br)ccc1OCc1cc(Cl)cc2c1OCC2. The van der Waals surface area contributed by atoms with Gasteiger partial charge in [0.25, 0.3) is 0 Å². The van der Waals surface area contributed by atoms with Crippen LogP contribution in [-0.2, 0) is 18.9 Å². The zero-order valence-electron chi connectivity index (χ0n) is 11.2. The van der Waals surface area contributed by atoms with Crippen LogP contribution in [0.3, 0.4) is 0 Å². The summed E-state index contributed by atoms with van der Waals surface area (Å²) in [4.78, 5) is 0. The standard InChI is InChI=1S/C16H13BrCl2O2/c17-13-1-2-15(11(5-13)8-18)21-9-12-7-14(19)6-10-3-4-20-16(10)12/h1-2,5-7H,3-4,8-9H2. The van der Waals surface area contributed by atoms with Crippen molar-refractivity contribution in [2.45, 2.75) is 18.9 Å². The molecule has 2 aromatic carbocycles. The van der Waals surface area contributed by atoms with Crippen LogP contribution in [0.1, 0.15) is 16.7 Å². The monoisotopic (exact) mass is 386 g/mol. The summed E-state index contributed by atoms with van der Waals surface area (Å²) in [6.45, 7) is 1.11. The van der Waals surface area contributed by atoms with Gasteiger partial charge in [0.15, 0.2) is 0 Å². The highest BCUT2D eigenvalue weighted by Gasteiger charge is 2.18. The molecule has 0 fully saturated rings. The molecule has 5 heteroatoms. The van der Waals surface area contributed by atoms with E-state index in [2.05, 4.69) is 15.9 Å².